The lowest BCUT2D eigenvalue weighted by molar-refractivity contribution is 0.112. The van der Waals surface area contributed by atoms with E-state index < -0.39 is 0 Å². The predicted octanol–water partition coefficient (Wildman–Crippen LogP) is 2.54. The summed E-state index contributed by atoms with van der Waals surface area (Å²) in [6.07, 6.45) is 0.869. The van der Waals surface area contributed by atoms with E-state index in [2.05, 4.69) is 0 Å². The highest BCUT2D eigenvalue weighted by Gasteiger charge is 2.06. The summed E-state index contributed by atoms with van der Waals surface area (Å²) in [5.41, 5.74) is 8.03. The fourth-order valence-corrected chi connectivity index (χ4v) is 1.65. The minimum Gasteiger partial charge on any atom is -0.398 e. The zero-order valence-electron chi connectivity index (χ0n) is 7.95. The van der Waals surface area contributed by atoms with Crippen molar-refractivity contribution in [3.8, 4) is 0 Å². The second-order valence-electron chi connectivity index (χ2n) is 3.34. The second kappa shape index (κ2) is 3.14. The van der Waals surface area contributed by atoms with Crippen LogP contribution in [-0.4, -0.2) is 6.29 Å². The van der Waals surface area contributed by atoms with Crippen LogP contribution in [0, 0.1) is 6.92 Å². The highest BCUT2D eigenvalue weighted by atomic mass is 16.1. The Bertz CT molecular complexity index is 503. The zero-order chi connectivity index (χ0) is 10.1. The van der Waals surface area contributed by atoms with Crippen LogP contribution in [0.15, 0.2) is 30.3 Å². The Hall–Kier alpha value is -1.83. The van der Waals surface area contributed by atoms with E-state index in [0.29, 0.717) is 11.3 Å². The first-order chi connectivity index (χ1) is 6.74. The van der Waals surface area contributed by atoms with Gasteiger partial charge in [-0.3, -0.25) is 4.79 Å². The first-order valence-corrected chi connectivity index (χ1v) is 4.47. The van der Waals surface area contributed by atoms with Gasteiger partial charge in [0.1, 0.15) is 0 Å². The maximum Gasteiger partial charge on any atom is 0.151 e. The molecule has 0 heterocycles. The molecule has 2 rings (SSSR count). The first kappa shape index (κ1) is 8.75. The van der Waals surface area contributed by atoms with Crippen molar-refractivity contribution in [2.75, 3.05) is 5.73 Å². The highest BCUT2D eigenvalue weighted by Crippen LogP contribution is 2.25. The molecule has 0 bridgehead atoms. The Morgan fingerprint density at radius 1 is 1.29 bits per heavy atom. The molecule has 0 radical (unpaired) electrons. The number of rotatable bonds is 1. The van der Waals surface area contributed by atoms with E-state index in [1.54, 1.807) is 0 Å². The molecule has 0 aromatic heterocycles. The van der Waals surface area contributed by atoms with Crippen LogP contribution >= 0.6 is 0 Å². The molecule has 2 N–H and O–H groups in total. The molecule has 2 aromatic carbocycles. The average Bonchev–Trinajstić information content (AvgIpc) is 2.20. The van der Waals surface area contributed by atoms with Crippen LogP contribution in [0.25, 0.3) is 10.8 Å². The number of benzene rings is 2. The molecular weight excluding hydrogens is 174 g/mol. The van der Waals surface area contributed by atoms with Crippen molar-refractivity contribution in [1.29, 1.82) is 0 Å². The van der Waals surface area contributed by atoms with E-state index in [9.17, 15) is 4.79 Å². The molecule has 2 heteroatoms. The van der Waals surface area contributed by atoms with E-state index in [-0.39, 0.29) is 0 Å². The molecule has 0 spiro atoms. The maximum absolute atomic E-state index is 10.9. The first-order valence-electron chi connectivity index (χ1n) is 4.47. The SMILES string of the molecule is Cc1c(N)cc2ccccc2c1C=O. The number of aldehydes is 1. The maximum atomic E-state index is 10.9. The van der Waals surface area contributed by atoms with Crippen LogP contribution < -0.4 is 5.73 Å². The second-order valence-corrected chi connectivity index (χ2v) is 3.34. The number of anilines is 1. The molecule has 70 valence electrons. The number of fused-ring (bicyclic) bond motifs is 1. The molecule has 2 aromatic rings. The molecule has 0 saturated carbocycles. The van der Waals surface area contributed by atoms with Crippen molar-refractivity contribution in [3.63, 3.8) is 0 Å². The summed E-state index contributed by atoms with van der Waals surface area (Å²) >= 11 is 0. The number of hydrogen-bond donors (Lipinski definition) is 1. The number of carbonyl (C=O) groups excluding carboxylic acids is 1. The summed E-state index contributed by atoms with van der Waals surface area (Å²) in [6, 6.07) is 9.65. The molecule has 0 atom stereocenters. The normalized spacial score (nSPS) is 10.4. The van der Waals surface area contributed by atoms with Crippen LogP contribution in [0.4, 0.5) is 5.69 Å². The lowest BCUT2D eigenvalue weighted by Crippen LogP contribution is -1.96. The van der Waals surface area contributed by atoms with E-state index in [4.69, 9.17) is 5.73 Å². The van der Waals surface area contributed by atoms with Gasteiger partial charge in [-0.25, -0.2) is 0 Å². The number of nitrogens with two attached hydrogens (primary N) is 1. The third-order valence-electron chi connectivity index (χ3n) is 2.52. The van der Waals surface area contributed by atoms with E-state index in [1.165, 1.54) is 0 Å². The van der Waals surface area contributed by atoms with Crippen molar-refractivity contribution in [1.82, 2.24) is 0 Å². The zero-order valence-corrected chi connectivity index (χ0v) is 7.95. The van der Waals surface area contributed by atoms with Crippen molar-refractivity contribution >= 4 is 22.7 Å². The molecule has 0 unspecified atom stereocenters. The minimum absolute atomic E-state index is 0.672. The lowest BCUT2D eigenvalue weighted by atomic mass is 9.99. The van der Waals surface area contributed by atoms with Crippen LogP contribution in [0.1, 0.15) is 15.9 Å². The third-order valence-corrected chi connectivity index (χ3v) is 2.52. The van der Waals surface area contributed by atoms with Gasteiger partial charge in [-0.05, 0) is 29.3 Å². The fourth-order valence-electron chi connectivity index (χ4n) is 1.65. The van der Waals surface area contributed by atoms with Crippen molar-refractivity contribution < 1.29 is 4.79 Å². The predicted molar refractivity (Wildman–Crippen MR) is 58.5 cm³/mol. The summed E-state index contributed by atoms with van der Waals surface area (Å²) in [4.78, 5) is 10.9. The Kier molecular flexibility index (Phi) is 1.97. The van der Waals surface area contributed by atoms with Crippen LogP contribution in [0.5, 0.6) is 0 Å². The van der Waals surface area contributed by atoms with Gasteiger partial charge in [0, 0.05) is 11.3 Å². The Morgan fingerprint density at radius 2 is 2.00 bits per heavy atom. The van der Waals surface area contributed by atoms with Gasteiger partial charge in [0.2, 0.25) is 0 Å². The molecule has 0 saturated heterocycles. The number of hydrogen-bond acceptors (Lipinski definition) is 2. The largest absolute Gasteiger partial charge is 0.398 e. The van der Waals surface area contributed by atoms with Gasteiger partial charge in [-0.2, -0.15) is 0 Å². The number of carbonyl (C=O) groups is 1. The van der Waals surface area contributed by atoms with Gasteiger partial charge < -0.3 is 5.73 Å². The quantitative estimate of drug-likeness (QED) is 0.548. The Morgan fingerprint density at radius 3 is 2.71 bits per heavy atom. The van der Waals surface area contributed by atoms with Gasteiger partial charge in [0.25, 0.3) is 0 Å². The average molecular weight is 185 g/mol. The monoisotopic (exact) mass is 185 g/mol. The topological polar surface area (TPSA) is 43.1 Å². The summed E-state index contributed by atoms with van der Waals surface area (Å²) < 4.78 is 0. The van der Waals surface area contributed by atoms with E-state index in [0.717, 1.165) is 22.6 Å². The van der Waals surface area contributed by atoms with Crippen molar-refractivity contribution in [2.45, 2.75) is 6.92 Å². The summed E-state index contributed by atoms with van der Waals surface area (Å²) in [5, 5.41) is 1.98. The smallest absolute Gasteiger partial charge is 0.151 e. The van der Waals surface area contributed by atoms with Gasteiger partial charge in [-0.15, -0.1) is 0 Å². The molecule has 2 nitrogen and oxygen atoms in total. The van der Waals surface area contributed by atoms with Gasteiger partial charge >= 0.3 is 0 Å². The molecule has 14 heavy (non-hydrogen) atoms. The number of nitrogen functional groups attached to an aromatic ring is 1. The van der Waals surface area contributed by atoms with E-state index in [1.807, 2.05) is 37.3 Å². The van der Waals surface area contributed by atoms with Crippen LogP contribution in [0.2, 0.25) is 0 Å². The summed E-state index contributed by atoms with van der Waals surface area (Å²) in [5.74, 6) is 0. The summed E-state index contributed by atoms with van der Waals surface area (Å²) in [6.45, 7) is 1.87. The molecule has 0 fully saturated rings. The molecule has 0 aliphatic heterocycles. The van der Waals surface area contributed by atoms with Crippen LogP contribution in [-0.2, 0) is 0 Å². The molecule has 0 aliphatic rings. The Balaban J connectivity index is 2.96. The van der Waals surface area contributed by atoms with Gasteiger partial charge in [0.15, 0.2) is 6.29 Å². The van der Waals surface area contributed by atoms with E-state index >= 15 is 0 Å². The van der Waals surface area contributed by atoms with Crippen molar-refractivity contribution in [3.05, 3.63) is 41.5 Å². The Labute approximate surface area is 82.3 Å². The van der Waals surface area contributed by atoms with Gasteiger partial charge in [-0.1, -0.05) is 24.3 Å². The van der Waals surface area contributed by atoms with Gasteiger partial charge in [0.05, 0.1) is 0 Å². The van der Waals surface area contributed by atoms with Crippen LogP contribution in [0.3, 0.4) is 0 Å². The summed E-state index contributed by atoms with van der Waals surface area (Å²) in [7, 11) is 0. The third kappa shape index (κ3) is 1.16. The fraction of sp³-hybridized carbons (Fsp3) is 0.0833. The lowest BCUT2D eigenvalue weighted by Gasteiger charge is -2.07. The molecule has 0 aliphatic carbocycles. The standard InChI is InChI=1S/C12H11NO/c1-8-11(7-14)10-5-3-2-4-9(10)6-12(8)13/h2-7H,13H2,1H3. The minimum atomic E-state index is 0.672. The van der Waals surface area contributed by atoms with Crippen molar-refractivity contribution in [2.24, 2.45) is 0 Å². The highest BCUT2D eigenvalue weighted by molar-refractivity contribution is 6.01. The molecule has 0 amide bonds. The molecular formula is C12H11NO.